The highest BCUT2D eigenvalue weighted by atomic mass is 32.1. The molecule has 0 spiro atoms. The molecule has 1 fully saturated rings. The third kappa shape index (κ3) is 4.80. The summed E-state index contributed by atoms with van der Waals surface area (Å²) in [5.74, 6) is 0.380. The molecule has 1 saturated heterocycles. The lowest BCUT2D eigenvalue weighted by Crippen LogP contribution is -2.29. The van der Waals surface area contributed by atoms with E-state index in [0.717, 1.165) is 16.0 Å². The highest BCUT2D eigenvalue weighted by Gasteiger charge is 2.47. The van der Waals surface area contributed by atoms with Gasteiger partial charge in [0.2, 0.25) is 0 Å². The van der Waals surface area contributed by atoms with E-state index in [4.69, 9.17) is 9.47 Å². The predicted molar refractivity (Wildman–Crippen MR) is 149 cm³/mol. The number of benzene rings is 3. The minimum absolute atomic E-state index is 0.0566. The van der Waals surface area contributed by atoms with Crippen molar-refractivity contribution in [3.63, 3.8) is 0 Å². The first kappa shape index (κ1) is 25.3. The van der Waals surface area contributed by atoms with E-state index in [1.165, 1.54) is 16.2 Å². The van der Waals surface area contributed by atoms with Crippen molar-refractivity contribution >= 4 is 34.5 Å². The third-order valence-electron chi connectivity index (χ3n) is 6.35. The van der Waals surface area contributed by atoms with Crippen molar-refractivity contribution < 1.29 is 24.2 Å². The Labute approximate surface area is 225 Å². The molecule has 192 valence electrons. The number of nitrogens with zero attached hydrogens (tertiary/aromatic N) is 1. The number of aryl methyl sites for hydroxylation is 2. The molecule has 0 aliphatic carbocycles. The maximum atomic E-state index is 13.4. The van der Waals surface area contributed by atoms with Gasteiger partial charge in [-0.1, -0.05) is 18.2 Å². The maximum Gasteiger partial charge on any atom is 0.300 e. The minimum Gasteiger partial charge on any atom is -0.507 e. The smallest absolute Gasteiger partial charge is 0.300 e. The number of anilines is 1. The molecule has 38 heavy (non-hydrogen) atoms. The molecule has 1 aliphatic rings. The first-order valence-electron chi connectivity index (χ1n) is 12.3. The van der Waals surface area contributed by atoms with Gasteiger partial charge in [-0.15, -0.1) is 11.3 Å². The number of aliphatic hydroxyl groups is 1. The lowest BCUT2D eigenvalue weighted by atomic mass is 9.98. The first-order valence-corrected chi connectivity index (χ1v) is 13.2. The van der Waals surface area contributed by atoms with Gasteiger partial charge in [-0.3, -0.25) is 14.5 Å². The summed E-state index contributed by atoms with van der Waals surface area (Å²) in [7, 11) is 0. The van der Waals surface area contributed by atoms with E-state index in [0.29, 0.717) is 35.1 Å². The summed E-state index contributed by atoms with van der Waals surface area (Å²) in [5, 5.41) is 13.2. The van der Waals surface area contributed by atoms with Crippen LogP contribution in [0.4, 0.5) is 5.69 Å². The molecule has 0 saturated carbocycles. The molecule has 1 aromatic heterocycles. The van der Waals surface area contributed by atoms with Gasteiger partial charge in [0.25, 0.3) is 11.7 Å². The molecule has 1 N–H and O–H groups in total. The van der Waals surface area contributed by atoms with E-state index in [1.54, 1.807) is 42.5 Å². The van der Waals surface area contributed by atoms with Crippen LogP contribution in [0.15, 0.2) is 89.8 Å². The van der Waals surface area contributed by atoms with Gasteiger partial charge >= 0.3 is 0 Å². The number of hydrogen-bond donors (Lipinski definition) is 1. The van der Waals surface area contributed by atoms with E-state index >= 15 is 0 Å². The summed E-state index contributed by atoms with van der Waals surface area (Å²) in [5.41, 5.74) is 2.94. The van der Waals surface area contributed by atoms with E-state index in [9.17, 15) is 14.7 Å². The fraction of sp³-hybridized carbons (Fsp3) is 0.161. The van der Waals surface area contributed by atoms with Gasteiger partial charge in [-0.2, -0.15) is 0 Å². The van der Waals surface area contributed by atoms with Crippen molar-refractivity contribution in [2.75, 3.05) is 11.5 Å². The molecule has 1 unspecified atom stereocenters. The second kappa shape index (κ2) is 10.6. The van der Waals surface area contributed by atoms with E-state index in [1.807, 2.05) is 62.5 Å². The first-order chi connectivity index (χ1) is 18.4. The van der Waals surface area contributed by atoms with E-state index in [2.05, 4.69) is 0 Å². The number of carbonyl (C=O) groups is 2. The number of thiophene rings is 1. The average molecular weight is 526 g/mol. The van der Waals surface area contributed by atoms with Crippen LogP contribution < -0.4 is 14.4 Å². The van der Waals surface area contributed by atoms with Gasteiger partial charge < -0.3 is 14.6 Å². The Hall–Kier alpha value is -4.36. The van der Waals surface area contributed by atoms with Crippen LogP contribution in [-0.2, 0) is 9.59 Å². The van der Waals surface area contributed by atoms with Crippen molar-refractivity contribution in [1.82, 2.24) is 0 Å². The van der Waals surface area contributed by atoms with Gasteiger partial charge in [0.1, 0.15) is 29.0 Å². The summed E-state index contributed by atoms with van der Waals surface area (Å²) in [4.78, 5) is 28.9. The van der Waals surface area contributed by atoms with Crippen LogP contribution in [0.1, 0.15) is 34.5 Å². The van der Waals surface area contributed by atoms with Gasteiger partial charge in [0.05, 0.1) is 12.2 Å². The van der Waals surface area contributed by atoms with Gasteiger partial charge in [0, 0.05) is 16.1 Å². The summed E-state index contributed by atoms with van der Waals surface area (Å²) in [6, 6.07) is 22.9. The Balaban J connectivity index is 1.53. The van der Waals surface area contributed by atoms with Crippen LogP contribution in [-0.4, -0.2) is 23.4 Å². The molecule has 4 aromatic rings. The van der Waals surface area contributed by atoms with Crippen LogP contribution >= 0.6 is 11.3 Å². The summed E-state index contributed by atoms with van der Waals surface area (Å²) >= 11 is 1.42. The lowest BCUT2D eigenvalue weighted by Gasteiger charge is -2.24. The molecule has 5 rings (SSSR count). The molecule has 0 bridgehead atoms. The van der Waals surface area contributed by atoms with Crippen LogP contribution in [0.3, 0.4) is 0 Å². The van der Waals surface area contributed by atoms with Crippen molar-refractivity contribution in [3.05, 3.63) is 111 Å². The normalized spacial score (nSPS) is 16.6. The second-order valence-electron chi connectivity index (χ2n) is 9.01. The molecule has 2 heterocycles. The summed E-state index contributed by atoms with van der Waals surface area (Å²) < 4.78 is 11.6. The van der Waals surface area contributed by atoms with Crippen LogP contribution in [0.2, 0.25) is 0 Å². The number of rotatable bonds is 7. The van der Waals surface area contributed by atoms with Gasteiger partial charge in [-0.05, 0) is 97.9 Å². The number of ketones is 1. The average Bonchev–Trinajstić information content (AvgIpc) is 3.52. The number of aliphatic hydroxyl groups excluding tert-OH is 1. The Morgan fingerprint density at radius 2 is 1.74 bits per heavy atom. The van der Waals surface area contributed by atoms with Crippen LogP contribution in [0.5, 0.6) is 17.2 Å². The molecule has 7 heteroatoms. The third-order valence-corrected chi connectivity index (χ3v) is 7.27. The van der Waals surface area contributed by atoms with Gasteiger partial charge in [0.15, 0.2) is 0 Å². The second-order valence-corrected chi connectivity index (χ2v) is 9.99. The number of Topliss-reactive ketones (excluding diaryl/α,β-unsaturated/α-hetero) is 1. The molecule has 1 aliphatic heterocycles. The molecular weight excluding hydrogens is 498 g/mol. The van der Waals surface area contributed by atoms with Crippen molar-refractivity contribution in [2.45, 2.75) is 26.8 Å². The quantitative estimate of drug-likeness (QED) is 0.157. The zero-order valence-corrected chi connectivity index (χ0v) is 22.1. The Morgan fingerprint density at radius 3 is 2.39 bits per heavy atom. The predicted octanol–water partition coefficient (Wildman–Crippen LogP) is 7.18. The maximum absolute atomic E-state index is 13.4. The molecule has 6 nitrogen and oxygen atoms in total. The monoisotopic (exact) mass is 525 g/mol. The Morgan fingerprint density at radius 1 is 0.947 bits per heavy atom. The van der Waals surface area contributed by atoms with E-state index in [-0.39, 0.29) is 11.3 Å². The standard InChI is InChI=1S/C31H27NO5S/c1-4-36-25-15-10-21(18-20(25)3)29(33)27-28(26-9-6-16-38-26)32(31(35)30(27)34)22-11-13-23(14-12-22)37-24-8-5-7-19(2)17-24/h5-18,28,33H,4H2,1-3H3/b29-27-. The molecule has 1 atom stereocenters. The zero-order chi connectivity index (χ0) is 26.8. The fourth-order valence-corrected chi connectivity index (χ4v) is 5.40. The topological polar surface area (TPSA) is 76.1 Å². The van der Waals surface area contributed by atoms with E-state index < -0.39 is 17.7 Å². The molecule has 3 aromatic carbocycles. The Bertz CT molecular complexity index is 1520. The lowest BCUT2D eigenvalue weighted by molar-refractivity contribution is -0.132. The van der Waals surface area contributed by atoms with Crippen LogP contribution in [0, 0.1) is 13.8 Å². The molecule has 0 radical (unpaired) electrons. The molecule has 1 amide bonds. The van der Waals surface area contributed by atoms with Crippen molar-refractivity contribution in [2.24, 2.45) is 0 Å². The Kier molecular flexibility index (Phi) is 7.03. The van der Waals surface area contributed by atoms with Gasteiger partial charge in [-0.25, -0.2) is 0 Å². The number of carbonyl (C=O) groups excluding carboxylic acids is 2. The fourth-order valence-electron chi connectivity index (χ4n) is 4.57. The SMILES string of the molecule is CCOc1ccc(/C(O)=C2/C(=O)C(=O)N(c3ccc(Oc4cccc(C)c4)cc3)C2c2cccs2)cc1C. The highest BCUT2D eigenvalue weighted by Crippen LogP contribution is 2.44. The highest BCUT2D eigenvalue weighted by molar-refractivity contribution is 7.10. The number of amides is 1. The molecular formula is C31H27NO5S. The summed E-state index contributed by atoms with van der Waals surface area (Å²) in [6.07, 6.45) is 0. The largest absolute Gasteiger partial charge is 0.507 e. The van der Waals surface area contributed by atoms with Crippen molar-refractivity contribution in [1.29, 1.82) is 0 Å². The summed E-state index contributed by atoms with van der Waals surface area (Å²) in [6.45, 7) is 6.28. The minimum atomic E-state index is -0.759. The number of ether oxygens (including phenoxy) is 2. The van der Waals surface area contributed by atoms with Crippen molar-refractivity contribution in [3.8, 4) is 17.2 Å². The zero-order valence-electron chi connectivity index (χ0n) is 21.3. The number of hydrogen-bond acceptors (Lipinski definition) is 6. The van der Waals surface area contributed by atoms with Crippen LogP contribution in [0.25, 0.3) is 5.76 Å².